The summed E-state index contributed by atoms with van der Waals surface area (Å²) < 4.78 is 0. The molecule has 2 aliphatic heterocycles. The fraction of sp³-hybridized carbons (Fsp3) is 0.121. The van der Waals surface area contributed by atoms with Crippen molar-refractivity contribution in [2.45, 2.75) is 25.7 Å². The van der Waals surface area contributed by atoms with Crippen molar-refractivity contribution in [1.82, 2.24) is 4.98 Å². The Morgan fingerprint density at radius 2 is 1.29 bits per heavy atom. The average molecular weight is 447 g/mol. The molecule has 0 fully saturated rings. The van der Waals surface area contributed by atoms with Gasteiger partial charge in [0.05, 0.1) is 11.4 Å². The van der Waals surface area contributed by atoms with Crippen LogP contribution in [0.1, 0.15) is 44.5 Å². The second-order valence-electron chi connectivity index (χ2n) is 10.4. The second kappa shape index (κ2) is 6.28. The largest absolute Gasteiger partial charge is 0.294 e. The average Bonchev–Trinajstić information content (AvgIpc) is 3.44. The van der Waals surface area contributed by atoms with E-state index in [2.05, 4.69) is 83.8 Å². The summed E-state index contributed by atoms with van der Waals surface area (Å²) in [6.45, 7) is 0. The molecule has 3 heterocycles. The van der Waals surface area contributed by atoms with Crippen molar-refractivity contribution in [2.75, 3.05) is 4.90 Å². The number of para-hydroxylation sites is 1. The summed E-state index contributed by atoms with van der Waals surface area (Å²) in [5, 5.41) is 0. The molecule has 1 aromatic heterocycles. The summed E-state index contributed by atoms with van der Waals surface area (Å²) in [4.78, 5) is 7.33. The number of anilines is 3. The number of benzene rings is 4. The first kappa shape index (κ1) is 18.2. The second-order valence-corrected chi connectivity index (χ2v) is 10.4. The van der Waals surface area contributed by atoms with Gasteiger partial charge in [0.2, 0.25) is 0 Å². The monoisotopic (exact) mass is 446 g/mol. The Kier molecular flexibility index (Phi) is 3.27. The summed E-state index contributed by atoms with van der Waals surface area (Å²) >= 11 is 0. The van der Waals surface area contributed by atoms with Gasteiger partial charge in [0, 0.05) is 19.0 Å². The number of rotatable bonds is 0. The smallest absolute Gasteiger partial charge is 0.141 e. The molecule has 2 aliphatic carbocycles. The van der Waals surface area contributed by atoms with Gasteiger partial charge in [0.15, 0.2) is 0 Å². The molecule has 0 amide bonds. The lowest BCUT2D eigenvalue weighted by atomic mass is 9.82. The minimum atomic E-state index is 0.945. The van der Waals surface area contributed by atoms with Crippen molar-refractivity contribution in [2.24, 2.45) is 0 Å². The zero-order chi connectivity index (χ0) is 22.7. The summed E-state index contributed by atoms with van der Waals surface area (Å²) in [6, 6.07) is 29.6. The normalized spacial score (nSPS) is 14.9. The summed E-state index contributed by atoms with van der Waals surface area (Å²) in [5.74, 6) is 1.09. The molecule has 4 aliphatic rings. The summed E-state index contributed by atoms with van der Waals surface area (Å²) in [6.07, 6.45) is 5.96. The Morgan fingerprint density at radius 3 is 2.26 bits per heavy atom. The van der Waals surface area contributed by atoms with E-state index in [0.29, 0.717) is 0 Å². The molecule has 35 heavy (non-hydrogen) atoms. The standard InChI is InChI=1S/C33H22N2/c1-3-9-26-19(6-1)12-22-14-23-15-24-16-25-13-20-7-2-4-10-30(20)35-32(25)29(31(24)28(23)18-27(22)26)17-21-8-5-11-34-33(21)35/h1-11,14,16,18H,12-13,15,17H2. The Hall–Kier alpha value is -4.17. The molecule has 2 nitrogen and oxygen atoms in total. The minimum Gasteiger partial charge on any atom is -0.294 e. The third-order valence-electron chi connectivity index (χ3n) is 8.51. The predicted octanol–water partition coefficient (Wildman–Crippen LogP) is 7.50. The van der Waals surface area contributed by atoms with Crippen LogP contribution >= 0.6 is 0 Å². The van der Waals surface area contributed by atoms with Gasteiger partial charge in [0.1, 0.15) is 5.82 Å². The van der Waals surface area contributed by atoms with Gasteiger partial charge in [-0.3, -0.25) is 4.90 Å². The first-order valence-electron chi connectivity index (χ1n) is 12.6. The van der Waals surface area contributed by atoms with E-state index in [1.165, 1.54) is 78.1 Å². The number of aromatic nitrogens is 1. The first-order valence-corrected chi connectivity index (χ1v) is 12.6. The van der Waals surface area contributed by atoms with E-state index in [0.717, 1.165) is 31.5 Å². The van der Waals surface area contributed by atoms with Crippen LogP contribution in [-0.4, -0.2) is 4.98 Å². The number of nitrogens with zero attached hydrogens (tertiary/aromatic N) is 2. The molecule has 0 saturated carbocycles. The predicted molar refractivity (Wildman–Crippen MR) is 141 cm³/mol. The summed E-state index contributed by atoms with van der Waals surface area (Å²) in [5.41, 5.74) is 20.0. The van der Waals surface area contributed by atoms with E-state index in [1.807, 2.05) is 6.20 Å². The van der Waals surface area contributed by atoms with Crippen LogP contribution in [0.15, 0.2) is 85.1 Å². The van der Waals surface area contributed by atoms with Crippen molar-refractivity contribution in [1.29, 1.82) is 0 Å². The van der Waals surface area contributed by atoms with E-state index in [4.69, 9.17) is 4.98 Å². The highest BCUT2D eigenvalue weighted by Gasteiger charge is 2.37. The van der Waals surface area contributed by atoms with Crippen molar-refractivity contribution in [3.05, 3.63) is 130 Å². The van der Waals surface area contributed by atoms with Gasteiger partial charge in [-0.1, -0.05) is 60.7 Å². The molecule has 0 saturated heterocycles. The molecule has 9 rings (SSSR count). The van der Waals surface area contributed by atoms with Crippen LogP contribution in [0.5, 0.6) is 0 Å². The molecule has 0 radical (unpaired) electrons. The molecular formula is C33H22N2. The molecule has 4 aromatic carbocycles. The van der Waals surface area contributed by atoms with Crippen LogP contribution in [0.4, 0.5) is 17.2 Å². The lowest BCUT2D eigenvalue weighted by molar-refractivity contribution is 0.979. The maximum absolute atomic E-state index is 4.88. The highest BCUT2D eigenvalue weighted by atomic mass is 15.2. The number of hydrogen-bond donors (Lipinski definition) is 0. The van der Waals surface area contributed by atoms with Crippen LogP contribution in [0, 0.1) is 0 Å². The SMILES string of the molecule is c1ccc2c(c1)Cc1cc3c(cc1-2)-c1c(cc2c4c1Cc1cccnc1N4c1ccccc1C2)C3. The molecule has 0 N–H and O–H groups in total. The number of hydrogen-bond acceptors (Lipinski definition) is 2. The van der Waals surface area contributed by atoms with Crippen molar-refractivity contribution in [3.8, 4) is 22.3 Å². The fourth-order valence-corrected chi connectivity index (χ4v) is 7.12. The number of fused-ring (bicyclic) bond motifs is 11. The zero-order valence-electron chi connectivity index (χ0n) is 19.3. The molecule has 2 heteroatoms. The minimum absolute atomic E-state index is 0.945. The molecule has 5 aromatic rings. The Bertz CT molecular complexity index is 1750. The van der Waals surface area contributed by atoms with Gasteiger partial charge in [-0.05, 0) is 97.8 Å². The van der Waals surface area contributed by atoms with Crippen LogP contribution in [0.25, 0.3) is 22.3 Å². The Balaban J connectivity index is 1.33. The molecule has 0 bridgehead atoms. The van der Waals surface area contributed by atoms with E-state index in [9.17, 15) is 0 Å². The third-order valence-corrected chi connectivity index (χ3v) is 8.51. The zero-order valence-corrected chi connectivity index (χ0v) is 19.3. The van der Waals surface area contributed by atoms with Crippen LogP contribution in [0.2, 0.25) is 0 Å². The third kappa shape index (κ3) is 2.27. The van der Waals surface area contributed by atoms with Gasteiger partial charge < -0.3 is 0 Å². The molecule has 0 unspecified atom stereocenters. The molecule has 0 atom stereocenters. The van der Waals surface area contributed by atoms with Gasteiger partial charge >= 0.3 is 0 Å². The lowest BCUT2D eigenvalue weighted by Crippen LogP contribution is -2.26. The van der Waals surface area contributed by atoms with Gasteiger partial charge in [-0.25, -0.2) is 4.98 Å². The highest BCUT2D eigenvalue weighted by molar-refractivity contribution is 5.96. The Morgan fingerprint density at radius 1 is 0.543 bits per heavy atom. The quantitative estimate of drug-likeness (QED) is 0.240. The van der Waals surface area contributed by atoms with Gasteiger partial charge in [0.25, 0.3) is 0 Å². The fourth-order valence-electron chi connectivity index (χ4n) is 7.12. The lowest BCUT2D eigenvalue weighted by Gasteiger charge is -2.39. The maximum Gasteiger partial charge on any atom is 0.141 e. The van der Waals surface area contributed by atoms with E-state index >= 15 is 0 Å². The molecular weight excluding hydrogens is 424 g/mol. The van der Waals surface area contributed by atoms with E-state index in [1.54, 1.807) is 0 Å². The van der Waals surface area contributed by atoms with Crippen LogP contribution in [-0.2, 0) is 25.7 Å². The maximum atomic E-state index is 4.88. The highest BCUT2D eigenvalue weighted by Crippen LogP contribution is 2.55. The van der Waals surface area contributed by atoms with Crippen molar-refractivity contribution < 1.29 is 0 Å². The van der Waals surface area contributed by atoms with Gasteiger partial charge in [-0.2, -0.15) is 0 Å². The molecule has 164 valence electrons. The van der Waals surface area contributed by atoms with E-state index < -0.39 is 0 Å². The van der Waals surface area contributed by atoms with Crippen molar-refractivity contribution in [3.63, 3.8) is 0 Å². The van der Waals surface area contributed by atoms with E-state index in [-0.39, 0.29) is 0 Å². The topological polar surface area (TPSA) is 16.1 Å². The van der Waals surface area contributed by atoms with Crippen LogP contribution in [0.3, 0.4) is 0 Å². The number of pyridine rings is 1. The van der Waals surface area contributed by atoms with Gasteiger partial charge in [-0.15, -0.1) is 0 Å². The Labute approximate surface area is 204 Å². The molecule has 0 spiro atoms. The summed E-state index contributed by atoms with van der Waals surface area (Å²) in [7, 11) is 0. The van der Waals surface area contributed by atoms with Crippen molar-refractivity contribution >= 4 is 17.2 Å². The van der Waals surface area contributed by atoms with Crippen LogP contribution < -0.4 is 4.90 Å². The first-order chi connectivity index (χ1) is 17.3.